The maximum atomic E-state index is 4.95. The van der Waals surface area contributed by atoms with E-state index < -0.39 is 0 Å². The highest BCUT2D eigenvalue weighted by Gasteiger charge is 2.18. The van der Waals surface area contributed by atoms with Crippen molar-refractivity contribution in [3.05, 3.63) is 77.0 Å². The van der Waals surface area contributed by atoms with Gasteiger partial charge >= 0.3 is 0 Å². The van der Waals surface area contributed by atoms with Gasteiger partial charge in [-0.2, -0.15) is 0 Å². The lowest BCUT2D eigenvalue weighted by Gasteiger charge is -2.26. The summed E-state index contributed by atoms with van der Waals surface area (Å²) < 4.78 is 0. The average molecular weight is 412 g/mol. The lowest BCUT2D eigenvalue weighted by molar-refractivity contribution is 0.681. The van der Waals surface area contributed by atoms with Gasteiger partial charge in [0.05, 0.1) is 23.3 Å². The highest BCUT2D eigenvalue weighted by atomic mass is 14.9. The van der Waals surface area contributed by atoms with Gasteiger partial charge in [-0.15, -0.1) is 0 Å². The molecule has 0 bridgehead atoms. The molecule has 0 aliphatic carbocycles. The van der Waals surface area contributed by atoms with Crippen LogP contribution in [0.4, 0.5) is 11.4 Å². The second-order valence-electron chi connectivity index (χ2n) is 9.22. The van der Waals surface area contributed by atoms with Crippen LogP contribution >= 0.6 is 0 Å². The molecule has 160 valence electrons. The highest BCUT2D eigenvalue weighted by molar-refractivity contribution is 5.84. The molecule has 3 aromatic rings. The molecule has 1 N–H and O–H groups in total. The predicted octanol–water partition coefficient (Wildman–Crippen LogP) is 7.49. The van der Waals surface area contributed by atoms with Crippen LogP contribution in [-0.4, -0.2) is 17.2 Å². The summed E-state index contributed by atoms with van der Waals surface area (Å²) in [6, 6.07) is 19.7. The van der Waals surface area contributed by atoms with E-state index in [1.165, 1.54) is 34.4 Å². The number of fused-ring (bicyclic) bond motifs is 1. The Morgan fingerprint density at radius 2 is 1.61 bits per heavy atom. The van der Waals surface area contributed by atoms with E-state index in [4.69, 9.17) is 9.98 Å². The number of pyridine rings is 1. The number of nitrogens with zero attached hydrogens (tertiary/aromatic N) is 2. The Hall–Kier alpha value is -2.94. The molecule has 0 spiro atoms. The lowest BCUT2D eigenvalue weighted by Crippen LogP contribution is -2.22. The lowest BCUT2D eigenvalue weighted by atomic mass is 9.93. The molecule has 0 saturated heterocycles. The Kier molecular flexibility index (Phi) is 6.22. The molecular weight excluding hydrogens is 378 g/mol. The summed E-state index contributed by atoms with van der Waals surface area (Å²) in [6.07, 6.45) is 4.20. The number of hydrogen-bond donors (Lipinski definition) is 1. The number of rotatable bonds is 5. The first-order valence-electron chi connectivity index (χ1n) is 11.5. The topological polar surface area (TPSA) is 37.3 Å². The molecule has 2 aromatic carbocycles. The number of nitrogens with one attached hydrogen (secondary N) is 1. The quantitative estimate of drug-likeness (QED) is 0.442. The van der Waals surface area contributed by atoms with Crippen molar-refractivity contribution in [1.29, 1.82) is 0 Å². The first-order valence-corrected chi connectivity index (χ1v) is 11.5. The third-order valence-electron chi connectivity index (χ3n) is 6.10. The molecule has 0 fully saturated rings. The number of aryl methyl sites for hydroxylation is 1. The van der Waals surface area contributed by atoms with Crippen molar-refractivity contribution < 1.29 is 0 Å². The Morgan fingerprint density at radius 1 is 0.935 bits per heavy atom. The fourth-order valence-electron chi connectivity index (χ4n) is 4.35. The van der Waals surface area contributed by atoms with Crippen LogP contribution < -0.4 is 5.32 Å². The Balaban J connectivity index is 1.71. The summed E-state index contributed by atoms with van der Waals surface area (Å²) in [5, 5.41) is 3.67. The molecule has 1 atom stereocenters. The van der Waals surface area contributed by atoms with Gasteiger partial charge < -0.3 is 5.32 Å². The first-order chi connectivity index (χ1) is 14.9. The molecule has 0 radical (unpaired) electrons. The van der Waals surface area contributed by atoms with Gasteiger partial charge in [-0.3, -0.25) is 4.99 Å². The summed E-state index contributed by atoms with van der Waals surface area (Å²) in [6.45, 7) is 11.1. The number of hydrogen-bond acceptors (Lipinski definition) is 3. The van der Waals surface area contributed by atoms with Crippen LogP contribution in [0.1, 0.15) is 75.3 Å². The van der Waals surface area contributed by atoms with E-state index in [2.05, 4.69) is 88.5 Å². The van der Waals surface area contributed by atoms with Crippen molar-refractivity contribution >= 4 is 17.6 Å². The maximum absolute atomic E-state index is 4.95. The molecule has 2 heterocycles. The van der Waals surface area contributed by atoms with Gasteiger partial charge in [-0.1, -0.05) is 70.2 Å². The normalized spacial score (nSPS) is 16.0. The van der Waals surface area contributed by atoms with Gasteiger partial charge in [0.25, 0.3) is 0 Å². The average Bonchev–Trinajstić information content (AvgIpc) is 2.77. The van der Waals surface area contributed by atoms with E-state index in [1.807, 2.05) is 12.3 Å². The zero-order chi connectivity index (χ0) is 22.0. The van der Waals surface area contributed by atoms with Crippen molar-refractivity contribution in [2.45, 2.75) is 65.3 Å². The zero-order valence-corrected chi connectivity index (χ0v) is 19.3. The van der Waals surface area contributed by atoms with Gasteiger partial charge in [0.1, 0.15) is 0 Å². The molecule has 3 heteroatoms. The van der Waals surface area contributed by atoms with Crippen LogP contribution in [0, 0.1) is 0 Å². The van der Waals surface area contributed by atoms with E-state index in [1.54, 1.807) is 0 Å². The highest BCUT2D eigenvalue weighted by Crippen LogP contribution is 2.36. The van der Waals surface area contributed by atoms with Gasteiger partial charge in [-0.25, -0.2) is 4.98 Å². The molecule has 0 amide bonds. The molecule has 0 saturated carbocycles. The maximum Gasteiger partial charge on any atom is 0.0820 e. The predicted molar refractivity (Wildman–Crippen MR) is 133 cm³/mol. The summed E-state index contributed by atoms with van der Waals surface area (Å²) >= 11 is 0. The standard InChI is InChI=1S/C28H33N3/c1-18(2)23-11-8-12-24(19(3)4)28(23)29-17-22-10-7-14-26(31-22)25-13-6-9-21-16-15-20(5)30-27(21)25/h6-14,17-20,30H,15-16H2,1-5H3/t20-/m1/s1. The van der Waals surface area contributed by atoms with Gasteiger partial charge in [-0.05, 0) is 60.4 Å². The number of benzene rings is 2. The van der Waals surface area contributed by atoms with Crippen molar-refractivity contribution in [2.24, 2.45) is 4.99 Å². The van der Waals surface area contributed by atoms with Gasteiger partial charge in [0.2, 0.25) is 0 Å². The van der Waals surface area contributed by atoms with Crippen LogP contribution in [0.3, 0.4) is 0 Å². The third-order valence-corrected chi connectivity index (χ3v) is 6.10. The summed E-state index contributed by atoms with van der Waals surface area (Å²) in [4.78, 5) is 9.90. The minimum Gasteiger partial charge on any atom is -0.382 e. The van der Waals surface area contributed by atoms with Gasteiger partial charge in [0, 0.05) is 17.3 Å². The van der Waals surface area contributed by atoms with Crippen LogP contribution in [0.5, 0.6) is 0 Å². The van der Waals surface area contributed by atoms with E-state index in [0.717, 1.165) is 23.5 Å². The largest absolute Gasteiger partial charge is 0.382 e. The minimum atomic E-state index is 0.425. The molecule has 1 aliphatic heterocycles. The molecular formula is C28H33N3. The molecule has 1 aliphatic rings. The molecule has 0 unspecified atom stereocenters. The van der Waals surface area contributed by atoms with Crippen molar-refractivity contribution in [1.82, 2.24) is 4.98 Å². The van der Waals surface area contributed by atoms with E-state index >= 15 is 0 Å². The fraction of sp³-hybridized carbons (Fsp3) is 0.357. The van der Waals surface area contributed by atoms with Crippen LogP contribution in [0.2, 0.25) is 0 Å². The first kappa shape index (κ1) is 21.3. The number of para-hydroxylation sites is 2. The molecule has 3 nitrogen and oxygen atoms in total. The fourth-order valence-corrected chi connectivity index (χ4v) is 4.35. The zero-order valence-electron chi connectivity index (χ0n) is 19.3. The van der Waals surface area contributed by atoms with Gasteiger partial charge in [0.15, 0.2) is 0 Å². The number of aliphatic imine (C=N–C) groups is 1. The van der Waals surface area contributed by atoms with Crippen molar-refractivity contribution in [3.63, 3.8) is 0 Å². The van der Waals surface area contributed by atoms with Crippen LogP contribution in [0.25, 0.3) is 11.3 Å². The minimum absolute atomic E-state index is 0.425. The molecule has 4 rings (SSSR count). The summed E-state index contributed by atoms with van der Waals surface area (Å²) in [5.74, 6) is 0.850. The summed E-state index contributed by atoms with van der Waals surface area (Å²) in [7, 11) is 0. The Morgan fingerprint density at radius 3 is 2.32 bits per heavy atom. The van der Waals surface area contributed by atoms with Crippen LogP contribution in [0.15, 0.2) is 59.6 Å². The Labute approximate surface area is 186 Å². The van der Waals surface area contributed by atoms with E-state index in [0.29, 0.717) is 17.9 Å². The number of anilines is 1. The number of aromatic nitrogens is 1. The third kappa shape index (κ3) is 4.56. The SMILES string of the molecule is CC(C)c1cccc(C(C)C)c1N=Cc1cccc(-c2cccc3c2N[C@H](C)CC3)n1. The molecule has 1 aromatic heterocycles. The van der Waals surface area contributed by atoms with Crippen LogP contribution in [-0.2, 0) is 6.42 Å². The molecule has 31 heavy (non-hydrogen) atoms. The van der Waals surface area contributed by atoms with Crippen molar-refractivity contribution in [2.75, 3.05) is 5.32 Å². The smallest absolute Gasteiger partial charge is 0.0820 e. The summed E-state index contributed by atoms with van der Waals surface area (Å²) in [5.41, 5.74) is 9.31. The monoisotopic (exact) mass is 411 g/mol. The Bertz CT molecular complexity index is 1070. The van der Waals surface area contributed by atoms with Crippen molar-refractivity contribution in [3.8, 4) is 11.3 Å². The van der Waals surface area contributed by atoms with E-state index in [-0.39, 0.29) is 0 Å². The second-order valence-corrected chi connectivity index (χ2v) is 9.22. The van der Waals surface area contributed by atoms with E-state index in [9.17, 15) is 0 Å². The second kappa shape index (κ2) is 9.05.